The summed E-state index contributed by atoms with van der Waals surface area (Å²) in [5.74, 6) is -0.939. The molecule has 12 heteroatoms. The molecule has 0 bridgehead atoms. The molecule has 2 N–H and O–H groups in total. The molecule has 11 nitrogen and oxygen atoms in total. The van der Waals surface area contributed by atoms with Crippen molar-refractivity contribution in [1.82, 2.24) is 0 Å². The number of nitrogens with zero attached hydrogens (tertiary/aromatic N) is 1. The maximum Gasteiger partial charge on any atom is 0.306 e. The van der Waals surface area contributed by atoms with E-state index >= 15 is 0 Å². The van der Waals surface area contributed by atoms with Gasteiger partial charge in [-0.1, -0.05) is 148 Å². The van der Waals surface area contributed by atoms with Crippen LogP contribution in [0.5, 0.6) is 0 Å². The monoisotopic (exact) mass is 806 g/mol. The van der Waals surface area contributed by atoms with Crippen LogP contribution < -0.4 is 4.89 Å². The molecule has 0 aromatic rings. The number of hydrogen-bond acceptors (Lipinski definition) is 10. The van der Waals surface area contributed by atoms with Gasteiger partial charge < -0.3 is 38.1 Å². The molecule has 0 radical (unpaired) electrons. The molecule has 0 rings (SSSR count). The molecule has 0 saturated carbocycles. The van der Waals surface area contributed by atoms with Gasteiger partial charge in [-0.25, -0.2) is 0 Å². The standard InChI is InChI=1S/C43H84NO10P/c1-6-8-10-12-14-15-16-17-18-19-20-21-25-29-33-42(47)51-37-39(38-53-55(49,50)52-36-35-44(3,4)5)54-43(48)34-30-26-22-24-28-32-41(46)40(45)31-27-23-13-11-9-7-2/h23,27,39-41,45-46H,6-22,24-26,28-38H2,1-5H3/b27-23-/t39-,40+,41+/m1/s1. The number of phosphoric ester groups is 1. The second kappa shape index (κ2) is 35.8. The van der Waals surface area contributed by atoms with E-state index in [-0.39, 0.29) is 26.1 Å². The summed E-state index contributed by atoms with van der Waals surface area (Å²) in [5.41, 5.74) is 0. The van der Waals surface area contributed by atoms with Crippen molar-refractivity contribution < 1.29 is 52.3 Å². The minimum Gasteiger partial charge on any atom is -0.756 e. The first kappa shape index (κ1) is 53.7. The van der Waals surface area contributed by atoms with Crippen molar-refractivity contribution in [1.29, 1.82) is 0 Å². The smallest absolute Gasteiger partial charge is 0.306 e. The van der Waals surface area contributed by atoms with Crippen LogP contribution in [0.2, 0.25) is 0 Å². The van der Waals surface area contributed by atoms with Crippen molar-refractivity contribution in [2.75, 3.05) is 47.5 Å². The molecule has 0 amide bonds. The van der Waals surface area contributed by atoms with Gasteiger partial charge in [0.15, 0.2) is 6.10 Å². The third-order valence-corrected chi connectivity index (χ3v) is 10.7. The van der Waals surface area contributed by atoms with Crippen LogP contribution >= 0.6 is 7.82 Å². The average Bonchev–Trinajstić information content (AvgIpc) is 3.13. The summed E-state index contributed by atoms with van der Waals surface area (Å²) in [6, 6.07) is 0. The Hall–Kier alpha value is -1.33. The molecule has 0 heterocycles. The molecule has 0 aromatic heterocycles. The summed E-state index contributed by atoms with van der Waals surface area (Å²) in [4.78, 5) is 37.5. The van der Waals surface area contributed by atoms with E-state index in [2.05, 4.69) is 19.9 Å². The van der Waals surface area contributed by atoms with Crippen molar-refractivity contribution in [2.45, 2.75) is 206 Å². The number of esters is 2. The molecule has 0 aromatic carbocycles. The van der Waals surface area contributed by atoms with E-state index in [1.165, 1.54) is 77.0 Å². The Morgan fingerprint density at radius 3 is 1.67 bits per heavy atom. The highest BCUT2D eigenvalue weighted by molar-refractivity contribution is 7.45. The Morgan fingerprint density at radius 1 is 0.636 bits per heavy atom. The van der Waals surface area contributed by atoms with Gasteiger partial charge in [0, 0.05) is 12.8 Å². The van der Waals surface area contributed by atoms with Crippen LogP contribution in [0.25, 0.3) is 0 Å². The number of ether oxygens (including phenoxy) is 2. The minimum absolute atomic E-state index is 0.0566. The van der Waals surface area contributed by atoms with E-state index in [0.29, 0.717) is 36.7 Å². The number of unbranched alkanes of at least 4 members (excludes halogenated alkanes) is 20. The van der Waals surface area contributed by atoms with E-state index < -0.39 is 44.7 Å². The lowest BCUT2D eigenvalue weighted by atomic mass is 10.0. The topological polar surface area (TPSA) is 152 Å². The summed E-state index contributed by atoms with van der Waals surface area (Å²) in [5, 5.41) is 20.5. The summed E-state index contributed by atoms with van der Waals surface area (Å²) >= 11 is 0. The molecule has 0 aliphatic heterocycles. The maximum atomic E-state index is 12.7. The van der Waals surface area contributed by atoms with Crippen molar-refractivity contribution >= 4 is 19.8 Å². The lowest BCUT2D eigenvalue weighted by molar-refractivity contribution is -0.870. The average molecular weight is 806 g/mol. The van der Waals surface area contributed by atoms with Crippen LogP contribution in [0.1, 0.15) is 187 Å². The second-order valence-corrected chi connectivity index (χ2v) is 17.8. The molecule has 326 valence electrons. The number of hydrogen-bond donors (Lipinski definition) is 2. The van der Waals surface area contributed by atoms with Crippen molar-refractivity contribution in [3.63, 3.8) is 0 Å². The molecule has 0 spiro atoms. The Balaban J connectivity index is 4.47. The third-order valence-electron chi connectivity index (χ3n) is 9.74. The van der Waals surface area contributed by atoms with Gasteiger partial charge in [0.05, 0.1) is 40.0 Å². The van der Waals surface area contributed by atoms with Crippen LogP contribution in [0.15, 0.2) is 12.2 Å². The minimum atomic E-state index is -4.66. The number of carbonyl (C=O) groups excluding carboxylic acids is 2. The Kier molecular flexibility index (Phi) is 34.9. The van der Waals surface area contributed by atoms with E-state index in [0.717, 1.165) is 57.8 Å². The van der Waals surface area contributed by atoms with E-state index in [1.54, 1.807) is 0 Å². The SMILES string of the molecule is CCCCC/C=C\C[C@H](O)[C@@H](O)CCCCCCCC(=O)O[C@H](COC(=O)CCCCCCCCCCCCCCCC)COP(=O)([O-])OCC[N+](C)(C)C. The molecule has 55 heavy (non-hydrogen) atoms. The lowest BCUT2D eigenvalue weighted by Gasteiger charge is -2.28. The first-order chi connectivity index (χ1) is 26.3. The number of aliphatic hydroxyl groups excluding tert-OH is 2. The number of carbonyl (C=O) groups is 2. The van der Waals surface area contributed by atoms with E-state index in [9.17, 15) is 29.3 Å². The predicted molar refractivity (Wildman–Crippen MR) is 220 cm³/mol. The molecule has 1 unspecified atom stereocenters. The Morgan fingerprint density at radius 2 is 1.13 bits per heavy atom. The van der Waals surface area contributed by atoms with Gasteiger partial charge in [0.1, 0.15) is 19.8 Å². The zero-order valence-corrected chi connectivity index (χ0v) is 36.8. The highest BCUT2D eigenvalue weighted by Gasteiger charge is 2.22. The fourth-order valence-electron chi connectivity index (χ4n) is 6.09. The highest BCUT2D eigenvalue weighted by atomic mass is 31.2. The second-order valence-electron chi connectivity index (χ2n) is 16.4. The molecule has 0 saturated heterocycles. The normalized spacial score (nSPS) is 14.8. The van der Waals surface area contributed by atoms with Gasteiger partial charge in [-0.3, -0.25) is 14.2 Å². The Bertz CT molecular complexity index is 989. The number of aliphatic hydroxyl groups is 2. The number of rotatable bonds is 40. The molecule has 0 aliphatic carbocycles. The first-order valence-corrected chi connectivity index (χ1v) is 23.5. The Labute approximate surface area is 336 Å². The number of quaternary nitrogens is 1. The summed E-state index contributed by atoms with van der Waals surface area (Å²) in [6.07, 6.45) is 28.3. The predicted octanol–water partition coefficient (Wildman–Crippen LogP) is 9.50. The van der Waals surface area contributed by atoms with Crippen LogP contribution in [0.4, 0.5) is 0 Å². The van der Waals surface area contributed by atoms with Crippen LogP contribution in [-0.4, -0.2) is 92.5 Å². The van der Waals surface area contributed by atoms with Gasteiger partial charge in [0.2, 0.25) is 0 Å². The summed E-state index contributed by atoms with van der Waals surface area (Å²) in [7, 11) is 1.08. The number of allylic oxidation sites excluding steroid dienone is 1. The van der Waals surface area contributed by atoms with Crippen LogP contribution in [0.3, 0.4) is 0 Å². The van der Waals surface area contributed by atoms with Crippen molar-refractivity contribution in [3.05, 3.63) is 12.2 Å². The van der Waals surface area contributed by atoms with Crippen LogP contribution in [-0.2, 0) is 32.7 Å². The largest absolute Gasteiger partial charge is 0.756 e. The van der Waals surface area contributed by atoms with Crippen molar-refractivity contribution in [3.8, 4) is 0 Å². The lowest BCUT2D eigenvalue weighted by Crippen LogP contribution is -2.37. The molecule has 0 aliphatic rings. The van der Waals surface area contributed by atoms with E-state index in [4.69, 9.17) is 18.5 Å². The highest BCUT2D eigenvalue weighted by Crippen LogP contribution is 2.38. The van der Waals surface area contributed by atoms with Gasteiger partial charge in [0.25, 0.3) is 7.82 Å². The van der Waals surface area contributed by atoms with Crippen LogP contribution in [0, 0.1) is 0 Å². The molecule has 4 atom stereocenters. The quantitative estimate of drug-likeness (QED) is 0.0201. The molecular formula is C43H84NO10P. The van der Waals surface area contributed by atoms with Gasteiger partial charge in [-0.05, 0) is 38.5 Å². The van der Waals surface area contributed by atoms with Gasteiger partial charge in [-0.15, -0.1) is 0 Å². The fourth-order valence-corrected chi connectivity index (χ4v) is 6.82. The molecular weight excluding hydrogens is 721 g/mol. The molecule has 0 fully saturated rings. The summed E-state index contributed by atoms with van der Waals surface area (Å²) in [6.45, 7) is 4.00. The maximum absolute atomic E-state index is 12.7. The zero-order chi connectivity index (χ0) is 41.0. The first-order valence-electron chi connectivity index (χ1n) is 22.1. The zero-order valence-electron chi connectivity index (χ0n) is 35.9. The van der Waals surface area contributed by atoms with Crippen molar-refractivity contribution in [2.24, 2.45) is 0 Å². The summed E-state index contributed by atoms with van der Waals surface area (Å²) < 4.78 is 33.8. The number of likely N-dealkylation sites (N-methyl/N-ethyl adjacent to an activating group) is 1. The van der Waals surface area contributed by atoms with Gasteiger partial charge >= 0.3 is 11.9 Å². The number of phosphoric acid groups is 1. The van der Waals surface area contributed by atoms with E-state index in [1.807, 2.05) is 27.2 Å². The third kappa shape index (κ3) is 38.0. The fraction of sp³-hybridized carbons (Fsp3) is 0.907. The van der Waals surface area contributed by atoms with Gasteiger partial charge in [-0.2, -0.15) is 0 Å².